The van der Waals surface area contributed by atoms with Crippen molar-refractivity contribution in [3.8, 4) is 66.8 Å². The molecule has 0 radical (unpaired) electrons. The smallest absolute Gasteiger partial charge is 0.0746 e. The molecule has 0 bridgehead atoms. The van der Waals surface area contributed by atoms with Gasteiger partial charge >= 0.3 is 0 Å². The lowest BCUT2D eigenvalue weighted by Crippen LogP contribution is -2.28. The van der Waals surface area contributed by atoms with E-state index in [2.05, 4.69) is 257 Å². The molecule has 1 unspecified atom stereocenters. The minimum Gasteiger partial charge on any atom is -0.310 e. The Morgan fingerprint density at radius 1 is 0.265 bits per heavy atom. The van der Waals surface area contributed by atoms with E-state index in [1.54, 1.807) is 0 Å². The third-order valence-electron chi connectivity index (χ3n) is 16.3. The van der Waals surface area contributed by atoms with Crippen LogP contribution in [-0.4, -0.2) is 0 Å². The second-order valence-electron chi connectivity index (χ2n) is 20.4. The highest BCUT2D eigenvalue weighted by Crippen LogP contribution is 2.66. The zero-order valence-corrected chi connectivity index (χ0v) is 38.8. The Balaban J connectivity index is 1.04. The van der Waals surface area contributed by atoms with E-state index in [0.717, 1.165) is 11.4 Å². The zero-order chi connectivity index (χ0) is 45.5. The van der Waals surface area contributed by atoms with E-state index in [1.165, 1.54) is 117 Å². The summed E-state index contributed by atoms with van der Waals surface area (Å²) in [5, 5.41) is 0. The van der Waals surface area contributed by atoms with Crippen molar-refractivity contribution in [1.82, 2.24) is 0 Å². The van der Waals surface area contributed by atoms with Gasteiger partial charge in [-0.2, -0.15) is 0 Å². The number of anilines is 3. The van der Waals surface area contributed by atoms with Crippen LogP contribution >= 0.6 is 0 Å². The molecule has 10 aromatic rings. The molecule has 4 aliphatic carbocycles. The first-order valence-corrected chi connectivity index (χ1v) is 24.2. The molecule has 14 rings (SSSR count). The molecule has 68 heavy (non-hydrogen) atoms. The first-order chi connectivity index (χ1) is 33.2. The van der Waals surface area contributed by atoms with E-state index >= 15 is 0 Å². The summed E-state index contributed by atoms with van der Waals surface area (Å²) < 4.78 is 0. The van der Waals surface area contributed by atoms with Crippen molar-refractivity contribution in [1.29, 1.82) is 0 Å². The molecule has 4 aliphatic rings. The van der Waals surface area contributed by atoms with Gasteiger partial charge in [0.2, 0.25) is 0 Å². The van der Waals surface area contributed by atoms with Gasteiger partial charge in [0.05, 0.1) is 11.1 Å². The van der Waals surface area contributed by atoms with Crippen molar-refractivity contribution in [2.24, 2.45) is 0 Å². The average molecular weight is 868 g/mol. The number of fused-ring (bicyclic) bond motifs is 16. The third-order valence-corrected chi connectivity index (χ3v) is 16.3. The first-order valence-electron chi connectivity index (χ1n) is 24.2. The number of rotatable bonds is 5. The molecule has 0 amide bonds. The van der Waals surface area contributed by atoms with E-state index in [9.17, 15) is 0 Å². The lowest BCUT2D eigenvalue weighted by atomic mass is 9.69. The monoisotopic (exact) mass is 867 g/mol. The summed E-state index contributed by atoms with van der Waals surface area (Å²) in [7, 11) is 0. The van der Waals surface area contributed by atoms with Gasteiger partial charge in [-0.25, -0.2) is 0 Å². The Kier molecular flexibility index (Phi) is 8.08. The van der Waals surface area contributed by atoms with Crippen LogP contribution in [0.25, 0.3) is 66.8 Å². The Labute approximate surface area is 399 Å². The van der Waals surface area contributed by atoms with Crippen molar-refractivity contribution in [3.05, 3.63) is 269 Å². The Hall–Kier alpha value is -8.00. The maximum absolute atomic E-state index is 2.61. The predicted octanol–water partition coefficient (Wildman–Crippen LogP) is 17.4. The Morgan fingerprint density at radius 2 is 0.647 bits per heavy atom. The molecule has 0 saturated carbocycles. The van der Waals surface area contributed by atoms with Crippen molar-refractivity contribution in [3.63, 3.8) is 0 Å². The molecule has 1 spiro atoms. The lowest BCUT2D eigenvalue weighted by molar-refractivity contribution is 0.660. The van der Waals surface area contributed by atoms with Gasteiger partial charge in [-0.15, -0.1) is 0 Å². The van der Waals surface area contributed by atoms with E-state index < -0.39 is 5.41 Å². The molecule has 1 nitrogen and oxygen atoms in total. The second kappa shape index (κ2) is 14.0. The van der Waals surface area contributed by atoms with Crippen LogP contribution in [0.3, 0.4) is 0 Å². The van der Waals surface area contributed by atoms with Crippen LogP contribution in [0.4, 0.5) is 17.1 Å². The van der Waals surface area contributed by atoms with Crippen molar-refractivity contribution >= 4 is 17.1 Å². The SMILES string of the molecule is CC1(C)c2ccccc2-c2ccc(N(c3ccc4c(c3)C(C)(C)c3cc(-c5ccccc5)ccc3-4)c3cccc4c3C3(c5ccccc5-c5ccc(-c6ccccc6)cc53)c3ccccc3-4)cc21. The number of benzene rings is 10. The molecule has 0 heterocycles. The molecule has 0 saturated heterocycles. The summed E-state index contributed by atoms with van der Waals surface area (Å²) >= 11 is 0. The molecule has 1 heteroatoms. The molecule has 322 valence electrons. The van der Waals surface area contributed by atoms with E-state index in [0.29, 0.717) is 0 Å². The van der Waals surface area contributed by atoms with Gasteiger partial charge in [-0.05, 0) is 148 Å². The first kappa shape index (κ1) is 39.2. The summed E-state index contributed by atoms with van der Waals surface area (Å²) in [5.41, 5.74) is 28.8. The van der Waals surface area contributed by atoms with E-state index in [1.807, 2.05) is 0 Å². The van der Waals surface area contributed by atoms with Crippen molar-refractivity contribution < 1.29 is 0 Å². The predicted molar refractivity (Wildman–Crippen MR) is 283 cm³/mol. The Bertz CT molecular complexity index is 3730. The van der Waals surface area contributed by atoms with Gasteiger partial charge < -0.3 is 4.90 Å². The summed E-state index contributed by atoms with van der Waals surface area (Å²) in [6, 6.07) is 85.1. The van der Waals surface area contributed by atoms with Crippen molar-refractivity contribution in [2.45, 2.75) is 43.9 Å². The topological polar surface area (TPSA) is 3.24 Å². The molecular formula is C67H49N. The van der Waals surface area contributed by atoms with Crippen LogP contribution in [0.1, 0.15) is 72.2 Å². The molecule has 0 aliphatic heterocycles. The van der Waals surface area contributed by atoms with E-state index in [4.69, 9.17) is 0 Å². The highest BCUT2D eigenvalue weighted by Gasteiger charge is 2.53. The minimum atomic E-state index is -0.580. The van der Waals surface area contributed by atoms with Gasteiger partial charge in [0.15, 0.2) is 0 Å². The summed E-state index contributed by atoms with van der Waals surface area (Å²) in [6.07, 6.45) is 0. The van der Waals surface area contributed by atoms with Crippen LogP contribution in [0.5, 0.6) is 0 Å². The summed E-state index contributed by atoms with van der Waals surface area (Å²) in [4.78, 5) is 2.61. The van der Waals surface area contributed by atoms with Gasteiger partial charge in [0, 0.05) is 27.8 Å². The van der Waals surface area contributed by atoms with Gasteiger partial charge in [0.1, 0.15) is 0 Å². The Morgan fingerprint density at radius 3 is 1.21 bits per heavy atom. The number of hydrogen-bond donors (Lipinski definition) is 0. The average Bonchev–Trinajstić information content (AvgIpc) is 4.02. The second-order valence-corrected chi connectivity index (χ2v) is 20.4. The fourth-order valence-corrected chi connectivity index (χ4v) is 13.1. The molecule has 0 fully saturated rings. The highest BCUT2D eigenvalue weighted by atomic mass is 15.1. The summed E-state index contributed by atoms with van der Waals surface area (Å²) in [5.74, 6) is 0. The quantitative estimate of drug-likeness (QED) is 0.167. The van der Waals surface area contributed by atoms with Crippen LogP contribution in [0, 0.1) is 0 Å². The van der Waals surface area contributed by atoms with Crippen LogP contribution < -0.4 is 4.90 Å². The van der Waals surface area contributed by atoms with Crippen molar-refractivity contribution in [2.75, 3.05) is 4.90 Å². The van der Waals surface area contributed by atoms with Crippen LogP contribution in [0.2, 0.25) is 0 Å². The molecular weight excluding hydrogens is 819 g/mol. The highest BCUT2D eigenvalue weighted by molar-refractivity contribution is 6.01. The molecule has 1 atom stereocenters. The fraction of sp³-hybridized carbons (Fsp3) is 0.104. The third kappa shape index (κ3) is 5.17. The van der Waals surface area contributed by atoms with Gasteiger partial charge in [-0.1, -0.05) is 210 Å². The number of hydrogen-bond acceptors (Lipinski definition) is 1. The maximum Gasteiger partial charge on any atom is 0.0746 e. The largest absolute Gasteiger partial charge is 0.310 e. The van der Waals surface area contributed by atoms with Crippen LogP contribution in [-0.2, 0) is 16.2 Å². The molecule has 10 aromatic carbocycles. The van der Waals surface area contributed by atoms with E-state index in [-0.39, 0.29) is 10.8 Å². The number of nitrogens with zero attached hydrogens (tertiary/aromatic N) is 1. The minimum absolute atomic E-state index is 0.168. The van der Waals surface area contributed by atoms with Gasteiger partial charge in [-0.3, -0.25) is 0 Å². The summed E-state index contributed by atoms with van der Waals surface area (Å²) in [6.45, 7) is 9.62. The maximum atomic E-state index is 2.61. The zero-order valence-electron chi connectivity index (χ0n) is 38.8. The molecule has 0 aromatic heterocycles. The molecule has 0 N–H and O–H groups in total. The standard InChI is InChI=1S/C67H49N/c1-65(2)56-26-14-11-22-48(56)52-36-32-46(40-60(52)65)68(47-33-37-53-51-34-30-44(42-18-7-5-8-19-42)38-59(51)66(3,4)61(53)41-47)63-29-17-25-55-50-24-13-16-28-58(50)67(64(55)63)57-27-15-12-23-49(57)54-35-31-45(39-62(54)67)43-20-9-6-10-21-43/h5-41H,1-4H3. The van der Waals surface area contributed by atoms with Crippen LogP contribution in [0.15, 0.2) is 224 Å². The fourth-order valence-electron chi connectivity index (χ4n) is 13.1. The lowest BCUT2D eigenvalue weighted by Gasteiger charge is -2.36. The van der Waals surface area contributed by atoms with Gasteiger partial charge in [0.25, 0.3) is 0 Å². The normalized spacial score (nSPS) is 16.5.